The normalized spacial score (nSPS) is 14.3. The molecule has 0 saturated heterocycles. The maximum Gasteiger partial charge on any atom is 0.425 e. The molecule has 0 fully saturated rings. The van der Waals surface area contributed by atoms with Crippen LogP contribution in [-0.2, 0) is 5.60 Å². The molecule has 1 atom stereocenters. The predicted molar refractivity (Wildman–Crippen MR) is 104 cm³/mol. The van der Waals surface area contributed by atoms with Gasteiger partial charge < -0.3 is 14.7 Å². The van der Waals surface area contributed by atoms with Gasteiger partial charge in [0.2, 0.25) is 5.60 Å². The summed E-state index contributed by atoms with van der Waals surface area (Å²) in [5, 5.41) is 10.8. The van der Waals surface area contributed by atoms with Crippen LogP contribution in [0.1, 0.15) is 30.5 Å². The molecule has 0 aromatic heterocycles. The van der Waals surface area contributed by atoms with E-state index in [1.807, 2.05) is 13.8 Å². The molecule has 4 nitrogen and oxygen atoms in total. The summed E-state index contributed by atoms with van der Waals surface area (Å²) < 4.78 is 74.2. The van der Waals surface area contributed by atoms with Crippen molar-refractivity contribution in [1.29, 1.82) is 0 Å². The van der Waals surface area contributed by atoms with Crippen LogP contribution < -0.4 is 4.74 Å². The highest BCUT2D eigenvalue weighted by atomic mass is 19.4. The summed E-state index contributed by atoms with van der Waals surface area (Å²) in [6.45, 7) is 5.40. The first-order valence-electron chi connectivity index (χ1n) is 9.02. The smallest absolute Gasteiger partial charge is 0.425 e. The van der Waals surface area contributed by atoms with Crippen LogP contribution in [0.2, 0.25) is 0 Å². The molecule has 30 heavy (non-hydrogen) atoms. The largest absolute Gasteiger partial charge is 0.496 e. The van der Waals surface area contributed by atoms with Crippen molar-refractivity contribution < 1.29 is 31.8 Å². The van der Waals surface area contributed by atoms with Crippen LogP contribution in [0.4, 0.5) is 27.6 Å². The van der Waals surface area contributed by atoms with E-state index >= 15 is 0 Å². The Hall–Kier alpha value is -2.68. The van der Waals surface area contributed by atoms with Gasteiger partial charge in [0.25, 0.3) is 0 Å². The average Bonchev–Trinajstić information content (AvgIpc) is 2.66. The topological polar surface area (TPSA) is 45.1 Å². The summed E-state index contributed by atoms with van der Waals surface area (Å²) in [6.07, 6.45) is -3.73. The highest BCUT2D eigenvalue weighted by Gasteiger charge is 2.58. The van der Waals surface area contributed by atoms with Crippen molar-refractivity contribution in [2.75, 3.05) is 14.2 Å². The van der Waals surface area contributed by atoms with Gasteiger partial charge in [-0.2, -0.15) is 13.2 Å². The number of nitrogens with zero attached hydrogens (tertiary/aromatic N) is 2. The Balaban J connectivity index is 2.70. The third-order valence-corrected chi connectivity index (χ3v) is 4.85. The standard InChI is InChI=1S/C21H23F5N2O2/c1-12(2)28(4)11-27-18-10-19(30-5)15(8-13(18)3)20(29,21(24,25)26)14-6-7-16(22)17(23)9-14/h6-12,29H,1-5H3. The Labute approximate surface area is 171 Å². The summed E-state index contributed by atoms with van der Waals surface area (Å²) in [6, 6.07) is 4.02. The summed E-state index contributed by atoms with van der Waals surface area (Å²) >= 11 is 0. The van der Waals surface area contributed by atoms with E-state index in [0.717, 1.165) is 13.2 Å². The molecular formula is C21H23F5N2O2. The van der Waals surface area contributed by atoms with Gasteiger partial charge in [0.05, 0.1) is 19.1 Å². The van der Waals surface area contributed by atoms with E-state index in [4.69, 9.17) is 4.74 Å². The number of hydrogen-bond donors (Lipinski definition) is 1. The van der Waals surface area contributed by atoms with Gasteiger partial charge in [0.1, 0.15) is 5.75 Å². The molecule has 0 bridgehead atoms. The van der Waals surface area contributed by atoms with E-state index in [-0.39, 0.29) is 11.8 Å². The minimum atomic E-state index is -5.25. The first kappa shape index (κ1) is 23.6. The van der Waals surface area contributed by atoms with Gasteiger partial charge in [-0.15, -0.1) is 0 Å². The van der Waals surface area contributed by atoms with Crippen molar-refractivity contribution in [2.24, 2.45) is 4.99 Å². The minimum Gasteiger partial charge on any atom is -0.496 e. The molecular weight excluding hydrogens is 407 g/mol. The van der Waals surface area contributed by atoms with Crippen molar-refractivity contribution in [2.45, 2.75) is 38.6 Å². The molecule has 0 aliphatic heterocycles. The molecule has 0 aliphatic carbocycles. The van der Waals surface area contributed by atoms with E-state index in [1.165, 1.54) is 19.3 Å². The quantitative estimate of drug-likeness (QED) is 0.395. The van der Waals surface area contributed by atoms with Crippen LogP contribution in [0, 0.1) is 18.6 Å². The van der Waals surface area contributed by atoms with Gasteiger partial charge in [0.15, 0.2) is 11.6 Å². The van der Waals surface area contributed by atoms with Gasteiger partial charge >= 0.3 is 6.18 Å². The Morgan fingerprint density at radius 1 is 1.10 bits per heavy atom. The molecule has 2 aromatic rings. The van der Waals surface area contributed by atoms with Crippen molar-refractivity contribution in [3.05, 3.63) is 58.7 Å². The van der Waals surface area contributed by atoms with Crippen LogP contribution in [0.15, 0.2) is 35.3 Å². The predicted octanol–water partition coefficient (Wildman–Crippen LogP) is 5.08. The zero-order valence-electron chi connectivity index (χ0n) is 17.2. The van der Waals surface area contributed by atoms with Gasteiger partial charge in [-0.25, -0.2) is 13.8 Å². The van der Waals surface area contributed by atoms with E-state index in [9.17, 15) is 27.1 Å². The third-order valence-electron chi connectivity index (χ3n) is 4.85. The van der Waals surface area contributed by atoms with E-state index in [0.29, 0.717) is 29.4 Å². The number of rotatable bonds is 6. The fourth-order valence-electron chi connectivity index (χ4n) is 2.75. The lowest BCUT2D eigenvalue weighted by molar-refractivity contribution is -0.248. The number of aryl methyl sites for hydroxylation is 1. The average molecular weight is 430 g/mol. The highest BCUT2D eigenvalue weighted by Crippen LogP contribution is 2.48. The molecule has 2 aromatic carbocycles. The molecule has 0 heterocycles. The summed E-state index contributed by atoms with van der Waals surface area (Å²) in [5.41, 5.74) is -4.50. The molecule has 0 amide bonds. The zero-order valence-corrected chi connectivity index (χ0v) is 17.2. The van der Waals surface area contributed by atoms with E-state index < -0.39 is 34.5 Å². The summed E-state index contributed by atoms with van der Waals surface area (Å²) in [7, 11) is 2.94. The van der Waals surface area contributed by atoms with Crippen molar-refractivity contribution in [3.8, 4) is 5.75 Å². The number of benzene rings is 2. The number of aliphatic hydroxyl groups is 1. The number of aliphatic imine (C=N–C) groups is 1. The minimum absolute atomic E-state index is 0.152. The SMILES string of the molecule is COc1cc(N=CN(C)C(C)C)c(C)cc1C(O)(c1ccc(F)c(F)c1)C(F)(F)F. The molecule has 1 N–H and O–H groups in total. The molecule has 0 saturated carbocycles. The molecule has 0 aliphatic rings. The van der Waals surface area contributed by atoms with Crippen LogP contribution in [0.3, 0.4) is 0 Å². The Kier molecular flexibility index (Phi) is 6.76. The van der Waals surface area contributed by atoms with E-state index in [1.54, 1.807) is 11.9 Å². The molecule has 0 spiro atoms. The Bertz CT molecular complexity index is 944. The van der Waals surface area contributed by atoms with Gasteiger partial charge in [-0.1, -0.05) is 6.07 Å². The molecule has 9 heteroatoms. The van der Waals surface area contributed by atoms with Crippen molar-refractivity contribution in [1.82, 2.24) is 4.90 Å². The highest BCUT2D eigenvalue weighted by molar-refractivity contribution is 5.66. The van der Waals surface area contributed by atoms with E-state index in [2.05, 4.69) is 4.99 Å². The molecule has 2 rings (SSSR count). The summed E-state index contributed by atoms with van der Waals surface area (Å²) in [5.74, 6) is -3.14. The monoisotopic (exact) mass is 430 g/mol. The summed E-state index contributed by atoms with van der Waals surface area (Å²) in [4.78, 5) is 6.07. The Morgan fingerprint density at radius 3 is 2.23 bits per heavy atom. The van der Waals surface area contributed by atoms with Crippen LogP contribution in [-0.4, -0.2) is 42.7 Å². The molecule has 164 valence electrons. The lowest BCUT2D eigenvalue weighted by Crippen LogP contribution is -2.43. The fraction of sp³-hybridized carbons (Fsp3) is 0.381. The number of halogens is 5. The lowest BCUT2D eigenvalue weighted by Gasteiger charge is -2.33. The van der Waals surface area contributed by atoms with Crippen LogP contribution in [0.25, 0.3) is 0 Å². The molecule has 1 unspecified atom stereocenters. The van der Waals surface area contributed by atoms with Crippen molar-refractivity contribution in [3.63, 3.8) is 0 Å². The first-order chi connectivity index (χ1) is 13.8. The second kappa shape index (κ2) is 8.59. The molecule has 0 radical (unpaired) electrons. The maximum absolute atomic E-state index is 14.0. The number of ether oxygens (including phenoxy) is 1. The second-order valence-electron chi connectivity index (χ2n) is 7.18. The maximum atomic E-state index is 14.0. The Morgan fingerprint density at radius 2 is 1.73 bits per heavy atom. The van der Waals surface area contributed by atoms with Crippen LogP contribution in [0.5, 0.6) is 5.75 Å². The van der Waals surface area contributed by atoms with Gasteiger partial charge in [0, 0.05) is 30.3 Å². The van der Waals surface area contributed by atoms with Gasteiger partial charge in [-0.3, -0.25) is 0 Å². The number of hydrogen-bond acceptors (Lipinski definition) is 3. The van der Waals surface area contributed by atoms with Crippen molar-refractivity contribution >= 4 is 12.0 Å². The fourth-order valence-corrected chi connectivity index (χ4v) is 2.75. The first-order valence-corrected chi connectivity index (χ1v) is 9.02. The number of alkyl halides is 3. The van der Waals surface area contributed by atoms with Gasteiger partial charge in [-0.05, 0) is 44.5 Å². The third kappa shape index (κ3) is 4.40. The lowest BCUT2D eigenvalue weighted by atomic mass is 9.84. The second-order valence-corrected chi connectivity index (χ2v) is 7.18. The zero-order chi connectivity index (χ0) is 22.9. The number of methoxy groups -OCH3 is 1. The van der Waals surface area contributed by atoms with Crippen LogP contribution >= 0.6 is 0 Å².